The molecular formula is C49H71FN2O3S. The van der Waals surface area contributed by atoms with Gasteiger partial charge in [0.2, 0.25) is 0 Å². The molecule has 5 nitrogen and oxygen atoms in total. The summed E-state index contributed by atoms with van der Waals surface area (Å²) in [5.41, 5.74) is 6.85. The molecule has 0 aromatic heterocycles. The third-order valence-electron chi connectivity index (χ3n) is 18.1. The molecule has 1 heterocycles. The second-order valence-corrected chi connectivity index (χ2v) is 23.8. The molecule has 1 aromatic rings. The Kier molecular flexibility index (Phi) is 10.4. The van der Waals surface area contributed by atoms with E-state index < -0.39 is 9.84 Å². The molecule has 0 radical (unpaired) electrons. The lowest BCUT2D eigenvalue weighted by Gasteiger charge is -2.71. The highest BCUT2D eigenvalue weighted by Crippen LogP contribution is 2.76. The summed E-state index contributed by atoms with van der Waals surface area (Å²) >= 11 is 0. The smallest absolute Gasteiger partial charge is 0.161 e. The maximum Gasteiger partial charge on any atom is 0.161 e. The summed E-state index contributed by atoms with van der Waals surface area (Å²) in [5.74, 6) is 2.68. The summed E-state index contributed by atoms with van der Waals surface area (Å²) in [5, 5.41) is 4.03. The third-order valence-corrected chi connectivity index (χ3v) is 19.7. The summed E-state index contributed by atoms with van der Waals surface area (Å²) in [6.07, 6.45) is 17.3. The molecule has 0 amide bonds. The average Bonchev–Trinajstić information content (AvgIpc) is 3.45. The highest BCUT2D eigenvalue weighted by molar-refractivity contribution is 7.91. The summed E-state index contributed by atoms with van der Waals surface area (Å²) in [6, 6.07) is 10.5. The minimum atomic E-state index is -2.91. The van der Waals surface area contributed by atoms with E-state index in [4.69, 9.17) is 0 Å². The van der Waals surface area contributed by atoms with Crippen molar-refractivity contribution in [2.24, 2.45) is 50.7 Å². The number of fused-ring (bicyclic) bond motifs is 7. The van der Waals surface area contributed by atoms with Crippen LogP contribution in [0, 0.1) is 50.7 Å². The second-order valence-electron chi connectivity index (χ2n) is 21.5. The third kappa shape index (κ3) is 6.41. The van der Waals surface area contributed by atoms with Gasteiger partial charge in [0.25, 0.3) is 0 Å². The van der Waals surface area contributed by atoms with Crippen molar-refractivity contribution in [2.45, 2.75) is 131 Å². The Morgan fingerprint density at radius 2 is 1.61 bits per heavy atom. The number of nitrogens with one attached hydrogen (secondary N) is 1. The van der Waals surface area contributed by atoms with Crippen LogP contribution < -0.4 is 5.32 Å². The van der Waals surface area contributed by atoms with Gasteiger partial charge in [0.1, 0.15) is 0 Å². The van der Waals surface area contributed by atoms with E-state index in [0.29, 0.717) is 43.0 Å². The number of ketones is 1. The quantitative estimate of drug-likeness (QED) is 0.270. The molecule has 7 aliphatic rings. The lowest BCUT2D eigenvalue weighted by atomic mass is 9.33. The number of nitrogens with zero attached hydrogens (tertiary/aromatic N) is 1. The number of Topliss-reactive ketones (excluding diaryl/α,β-unsaturated/α-hetero) is 1. The van der Waals surface area contributed by atoms with E-state index in [-0.39, 0.29) is 56.7 Å². The first-order valence-electron chi connectivity index (χ1n) is 22.4. The first-order valence-corrected chi connectivity index (χ1v) is 24.2. The molecule has 3 saturated carbocycles. The van der Waals surface area contributed by atoms with Gasteiger partial charge >= 0.3 is 0 Å². The van der Waals surface area contributed by atoms with Gasteiger partial charge in [0, 0.05) is 43.6 Å². The Balaban J connectivity index is 1.04. The van der Waals surface area contributed by atoms with Gasteiger partial charge in [-0.1, -0.05) is 91.0 Å². The number of hydrogen-bond acceptors (Lipinski definition) is 5. The van der Waals surface area contributed by atoms with Crippen LogP contribution in [0.5, 0.6) is 0 Å². The molecular weight excluding hydrogens is 716 g/mol. The van der Waals surface area contributed by atoms with Crippen LogP contribution in [0.2, 0.25) is 0 Å². The van der Waals surface area contributed by atoms with E-state index in [0.717, 1.165) is 70.0 Å². The van der Waals surface area contributed by atoms with E-state index >= 15 is 0 Å². The van der Waals surface area contributed by atoms with Crippen LogP contribution in [0.3, 0.4) is 0 Å². The summed E-state index contributed by atoms with van der Waals surface area (Å²) in [7, 11) is -2.91. The van der Waals surface area contributed by atoms with Gasteiger partial charge < -0.3 is 10.2 Å². The van der Waals surface area contributed by atoms with Crippen LogP contribution in [0.15, 0.2) is 64.8 Å². The van der Waals surface area contributed by atoms with Gasteiger partial charge in [-0.05, 0) is 144 Å². The number of carbonyl (C=O) groups excluding carboxylic acids is 1. The van der Waals surface area contributed by atoms with Crippen molar-refractivity contribution in [2.75, 3.05) is 44.4 Å². The van der Waals surface area contributed by atoms with Crippen LogP contribution in [0.1, 0.15) is 125 Å². The Morgan fingerprint density at radius 3 is 2.27 bits per heavy atom. The highest BCUT2D eigenvalue weighted by Gasteiger charge is 2.69. The molecule has 8 atom stereocenters. The maximum absolute atomic E-state index is 14.8. The molecule has 1 aliphatic heterocycles. The van der Waals surface area contributed by atoms with E-state index in [9.17, 15) is 17.6 Å². The zero-order valence-corrected chi connectivity index (χ0v) is 36.6. The van der Waals surface area contributed by atoms with Crippen molar-refractivity contribution in [1.29, 1.82) is 0 Å². The standard InChI is InChI=1S/C49H71FN2O3S/c1-34(2)42-39(53)32-49(51-25-26-52-27-29-56(54,55)30-28-52)24-23-46(6)38(43(42)49)13-14-41-45(5)19-17-37(44(3,4)40(45)18-20-47(41,46)7)36-15-21-48(33-50,22-16-36)31-35-11-9-8-10-12-35/h8-12,15,17,34,38,40-41,51H,13-14,16,18-33H2,1-7H3/t38-,40+,41-,45+,46-,47-,48?,49-/m1/s1. The van der Waals surface area contributed by atoms with E-state index in [1.807, 2.05) is 6.07 Å². The molecule has 308 valence electrons. The fourth-order valence-corrected chi connectivity index (χ4v) is 16.2. The second kappa shape index (κ2) is 14.3. The highest BCUT2D eigenvalue weighted by atomic mass is 32.2. The number of rotatable bonds is 9. The van der Waals surface area contributed by atoms with E-state index in [1.54, 1.807) is 5.57 Å². The minimum absolute atomic E-state index is 0.0580. The van der Waals surface area contributed by atoms with E-state index in [2.05, 4.69) is 95.1 Å². The zero-order chi connectivity index (χ0) is 39.9. The maximum atomic E-state index is 14.8. The largest absolute Gasteiger partial charge is 0.306 e. The van der Waals surface area contributed by atoms with Gasteiger partial charge in [-0.3, -0.25) is 9.18 Å². The van der Waals surface area contributed by atoms with Crippen molar-refractivity contribution < 1.29 is 17.6 Å². The number of benzene rings is 1. The fraction of sp³-hybridized carbons (Fsp3) is 0.735. The lowest BCUT2D eigenvalue weighted by Crippen LogP contribution is -2.66. The molecule has 1 saturated heterocycles. The van der Waals surface area contributed by atoms with Crippen LogP contribution >= 0.6 is 0 Å². The minimum Gasteiger partial charge on any atom is -0.306 e. The molecule has 1 aromatic carbocycles. The van der Waals surface area contributed by atoms with Gasteiger partial charge in [0.15, 0.2) is 15.6 Å². The lowest BCUT2D eigenvalue weighted by molar-refractivity contribution is -0.196. The topological polar surface area (TPSA) is 66.5 Å². The van der Waals surface area contributed by atoms with Crippen molar-refractivity contribution in [3.8, 4) is 0 Å². The SMILES string of the molecule is CC(C)C1=C2[C@H]3CC[C@@H]4[C@@]5(C)CC=C(C6=CCC(CF)(Cc7ccccc7)CC6)C(C)(C)[C@@H]5CC[C@@]4(C)[C@]3(C)CC[C@@]2(NCCN2CCS(=O)(=O)CC2)CC1=O. The van der Waals surface area contributed by atoms with Crippen LogP contribution in [0.25, 0.3) is 0 Å². The first-order chi connectivity index (χ1) is 26.4. The predicted molar refractivity (Wildman–Crippen MR) is 227 cm³/mol. The van der Waals surface area contributed by atoms with Gasteiger partial charge in [-0.25, -0.2) is 8.42 Å². The van der Waals surface area contributed by atoms with Crippen LogP contribution in [-0.2, 0) is 21.1 Å². The number of sulfone groups is 1. The number of allylic oxidation sites excluding steroid dienone is 5. The van der Waals surface area contributed by atoms with Crippen molar-refractivity contribution in [1.82, 2.24) is 10.2 Å². The number of carbonyl (C=O) groups is 1. The molecule has 4 fully saturated rings. The monoisotopic (exact) mass is 787 g/mol. The Labute approximate surface area is 338 Å². The Morgan fingerprint density at radius 1 is 0.875 bits per heavy atom. The molecule has 6 aliphatic carbocycles. The molecule has 56 heavy (non-hydrogen) atoms. The average molecular weight is 787 g/mol. The molecule has 0 spiro atoms. The molecule has 0 bridgehead atoms. The van der Waals surface area contributed by atoms with Crippen molar-refractivity contribution in [3.05, 3.63) is 70.3 Å². The zero-order valence-electron chi connectivity index (χ0n) is 35.7. The first kappa shape index (κ1) is 40.7. The summed E-state index contributed by atoms with van der Waals surface area (Å²) in [4.78, 5) is 16.4. The predicted octanol–water partition coefficient (Wildman–Crippen LogP) is 9.88. The number of alkyl halides is 1. The molecule has 8 rings (SSSR count). The van der Waals surface area contributed by atoms with Crippen molar-refractivity contribution in [3.63, 3.8) is 0 Å². The van der Waals surface area contributed by atoms with Gasteiger partial charge in [-0.15, -0.1) is 0 Å². The molecule has 1 N–H and O–H groups in total. The number of halogens is 1. The number of hydrogen-bond donors (Lipinski definition) is 1. The summed E-state index contributed by atoms with van der Waals surface area (Å²) < 4.78 is 38.9. The van der Waals surface area contributed by atoms with Crippen LogP contribution in [-0.4, -0.2) is 69.0 Å². The Hall–Kier alpha value is -2.09. The van der Waals surface area contributed by atoms with Crippen LogP contribution in [0.4, 0.5) is 4.39 Å². The Bertz CT molecular complexity index is 1900. The van der Waals surface area contributed by atoms with E-state index in [1.165, 1.54) is 36.0 Å². The van der Waals surface area contributed by atoms with Gasteiger partial charge in [0.05, 0.1) is 18.2 Å². The molecule has 7 heteroatoms. The normalized spacial score (nSPS) is 40.7. The fourth-order valence-electron chi connectivity index (χ4n) is 15.0. The molecule has 1 unspecified atom stereocenters. The van der Waals surface area contributed by atoms with Gasteiger partial charge in [-0.2, -0.15) is 0 Å². The summed E-state index contributed by atoms with van der Waals surface area (Å²) in [6.45, 7) is 20.0. The van der Waals surface area contributed by atoms with Crippen molar-refractivity contribution >= 4 is 15.6 Å².